The first-order chi connectivity index (χ1) is 21.5. The van der Waals surface area contributed by atoms with E-state index in [1.54, 1.807) is 45.9 Å². The molecule has 0 radical (unpaired) electrons. The molecule has 0 saturated carbocycles. The van der Waals surface area contributed by atoms with Crippen LogP contribution in [0.5, 0.6) is 0 Å². The SMILES string of the molecule is Cc1cc(=O)oc2cc(NC(=O)C(CCCNC(=O)OC(C)(C)C)NC(=O)OCC3c4ccccc4-c4ccccc43)ccc12. The standard InChI is InChI=1S/C35H37N3O7/c1-21-18-31(39)44-30-19-22(15-16-23(21)30)37-32(40)29(14-9-17-36-33(41)45-35(2,3)4)38-34(42)43-20-28-26-12-7-5-10-24(26)25-11-6-8-13-27(25)28/h5-8,10-13,15-16,18-19,28-29H,9,14,17,20H2,1-4H3,(H,36,41)(H,37,40)(H,38,42). The van der Waals surface area contributed by atoms with E-state index < -0.39 is 35.4 Å². The lowest BCUT2D eigenvalue weighted by atomic mass is 9.98. The molecule has 0 bridgehead atoms. The molecule has 234 valence electrons. The van der Waals surface area contributed by atoms with Crippen LogP contribution in [0.3, 0.4) is 0 Å². The number of rotatable bonds is 9. The number of carbonyl (C=O) groups is 3. The summed E-state index contributed by atoms with van der Waals surface area (Å²) in [6.45, 7) is 7.43. The van der Waals surface area contributed by atoms with Gasteiger partial charge in [-0.2, -0.15) is 0 Å². The maximum absolute atomic E-state index is 13.4. The van der Waals surface area contributed by atoms with Gasteiger partial charge in [-0.05, 0) is 80.5 Å². The Kier molecular flexibility index (Phi) is 9.22. The van der Waals surface area contributed by atoms with Crippen LogP contribution in [0.4, 0.5) is 15.3 Å². The lowest BCUT2D eigenvalue weighted by Gasteiger charge is -2.21. The van der Waals surface area contributed by atoms with Crippen LogP contribution < -0.4 is 21.6 Å². The predicted molar refractivity (Wildman–Crippen MR) is 171 cm³/mol. The van der Waals surface area contributed by atoms with Gasteiger partial charge in [0.25, 0.3) is 0 Å². The van der Waals surface area contributed by atoms with Crippen LogP contribution in [-0.4, -0.2) is 42.9 Å². The highest BCUT2D eigenvalue weighted by atomic mass is 16.6. The molecule has 1 unspecified atom stereocenters. The normalized spacial score (nSPS) is 13.0. The zero-order valence-corrected chi connectivity index (χ0v) is 25.8. The lowest BCUT2D eigenvalue weighted by molar-refractivity contribution is -0.118. The maximum Gasteiger partial charge on any atom is 0.407 e. The van der Waals surface area contributed by atoms with Gasteiger partial charge < -0.3 is 29.8 Å². The highest BCUT2D eigenvalue weighted by molar-refractivity contribution is 5.98. The largest absolute Gasteiger partial charge is 0.449 e. The number of benzene rings is 3. The van der Waals surface area contributed by atoms with Crippen molar-refractivity contribution in [2.45, 2.75) is 58.1 Å². The van der Waals surface area contributed by atoms with Gasteiger partial charge in [0.15, 0.2) is 0 Å². The van der Waals surface area contributed by atoms with Crippen molar-refractivity contribution in [2.24, 2.45) is 0 Å². The lowest BCUT2D eigenvalue weighted by Crippen LogP contribution is -2.44. The second-order valence-corrected chi connectivity index (χ2v) is 12.0. The molecule has 1 atom stereocenters. The molecule has 1 aliphatic carbocycles. The number of hydrogen-bond donors (Lipinski definition) is 3. The molecule has 1 aromatic heterocycles. The van der Waals surface area contributed by atoms with Crippen molar-refractivity contribution < 1.29 is 28.3 Å². The fourth-order valence-corrected chi connectivity index (χ4v) is 5.49. The van der Waals surface area contributed by atoms with E-state index in [1.165, 1.54) is 6.07 Å². The average molecular weight is 612 g/mol. The van der Waals surface area contributed by atoms with E-state index in [1.807, 2.05) is 36.4 Å². The molecular formula is C35H37N3O7. The van der Waals surface area contributed by atoms with Gasteiger partial charge in [-0.1, -0.05) is 48.5 Å². The van der Waals surface area contributed by atoms with E-state index in [9.17, 15) is 19.2 Å². The quantitative estimate of drug-likeness (QED) is 0.150. The van der Waals surface area contributed by atoms with E-state index in [-0.39, 0.29) is 25.5 Å². The molecule has 1 aliphatic rings. The summed E-state index contributed by atoms with van der Waals surface area (Å²) in [5.74, 6) is -0.626. The Balaban J connectivity index is 1.26. The molecule has 4 aromatic rings. The summed E-state index contributed by atoms with van der Waals surface area (Å²) in [5, 5.41) is 8.91. The minimum Gasteiger partial charge on any atom is -0.449 e. The molecular weight excluding hydrogens is 574 g/mol. The van der Waals surface area contributed by atoms with Gasteiger partial charge in [-0.3, -0.25) is 4.79 Å². The Bertz CT molecular complexity index is 1740. The summed E-state index contributed by atoms with van der Waals surface area (Å²) >= 11 is 0. The summed E-state index contributed by atoms with van der Waals surface area (Å²) in [4.78, 5) is 50.5. The van der Waals surface area contributed by atoms with Crippen LogP contribution in [0, 0.1) is 6.92 Å². The molecule has 5 rings (SSSR count). The predicted octanol–water partition coefficient (Wildman–Crippen LogP) is 6.25. The topological polar surface area (TPSA) is 136 Å². The van der Waals surface area contributed by atoms with Crippen molar-refractivity contribution in [3.05, 3.63) is 99.9 Å². The zero-order valence-electron chi connectivity index (χ0n) is 25.8. The number of alkyl carbamates (subject to hydrolysis) is 2. The molecule has 10 heteroatoms. The smallest absolute Gasteiger partial charge is 0.407 e. The van der Waals surface area contributed by atoms with Gasteiger partial charge in [-0.25, -0.2) is 14.4 Å². The monoisotopic (exact) mass is 611 g/mol. The summed E-state index contributed by atoms with van der Waals surface area (Å²) in [6, 6.07) is 21.5. The van der Waals surface area contributed by atoms with Crippen LogP contribution in [-0.2, 0) is 14.3 Å². The fraction of sp³-hybridized carbons (Fsp3) is 0.314. The molecule has 10 nitrogen and oxygen atoms in total. The van der Waals surface area contributed by atoms with E-state index in [0.29, 0.717) is 17.7 Å². The van der Waals surface area contributed by atoms with Gasteiger partial charge in [-0.15, -0.1) is 0 Å². The van der Waals surface area contributed by atoms with Crippen molar-refractivity contribution >= 4 is 34.8 Å². The van der Waals surface area contributed by atoms with Crippen molar-refractivity contribution in [3.8, 4) is 11.1 Å². The van der Waals surface area contributed by atoms with Gasteiger partial charge in [0, 0.05) is 35.7 Å². The molecule has 0 fully saturated rings. The average Bonchev–Trinajstić information content (AvgIpc) is 3.30. The number of hydrogen-bond acceptors (Lipinski definition) is 7. The second-order valence-electron chi connectivity index (χ2n) is 12.0. The molecule has 3 amide bonds. The molecule has 3 N–H and O–H groups in total. The van der Waals surface area contributed by atoms with Crippen molar-refractivity contribution in [3.63, 3.8) is 0 Å². The molecule has 1 heterocycles. The first-order valence-electron chi connectivity index (χ1n) is 14.9. The number of amides is 3. The molecule has 0 saturated heterocycles. The second kappa shape index (κ2) is 13.3. The number of anilines is 1. The summed E-state index contributed by atoms with van der Waals surface area (Å²) in [6.07, 6.45) is -0.737. The first-order valence-corrected chi connectivity index (χ1v) is 14.9. The van der Waals surface area contributed by atoms with Gasteiger partial charge in [0.05, 0.1) is 0 Å². The number of nitrogens with one attached hydrogen (secondary N) is 3. The summed E-state index contributed by atoms with van der Waals surface area (Å²) < 4.78 is 16.3. The van der Waals surface area contributed by atoms with Crippen molar-refractivity contribution in [1.82, 2.24) is 10.6 Å². The fourth-order valence-electron chi connectivity index (χ4n) is 5.49. The molecule has 0 aliphatic heterocycles. The van der Waals surface area contributed by atoms with Crippen LogP contribution in [0.25, 0.3) is 22.1 Å². The summed E-state index contributed by atoms with van der Waals surface area (Å²) in [5.41, 5.74) is 4.72. The third-order valence-electron chi connectivity index (χ3n) is 7.51. The van der Waals surface area contributed by atoms with Crippen molar-refractivity contribution in [1.29, 1.82) is 0 Å². The number of carbonyl (C=O) groups excluding carboxylic acids is 3. The molecule has 3 aromatic carbocycles. The number of aryl methyl sites for hydroxylation is 1. The number of ether oxygens (including phenoxy) is 2. The maximum atomic E-state index is 13.4. The van der Waals surface area contributed by atoms with E-state index >= 15 is 0 Å². The minimum absolute atomic E-state index is 0.0947. The van der Waals surface area contributed by atoms with Gasteiger partial charge in [0.1, 0.15) is 23.8 Å². The van der Waals surface area contributed by atoms with Gasteiger partial charge >= 0.3 is 17.8 Å². The Morgan fingerprint density at radius 2 is 1.58 bits per heavy atom. The van der Waals surface area contributed by atoms with Gasteiger partial charge in [0.2, 0.25) is 5.91 Å². The number of fused-ring (bicyclic) bond motifs is 4. The Morgan fingerprint density at radius 3 is 2.24 bits per heavy atom. The van der Waals surface area contributed by atoms with Crippen LogP contribution in [0.1, 0.15) is 56.2 Å². The third-order valence-corrected chi connectivity index (χ3v) is 7.51. The Morgan fingerprint density at radius 1 is 0.911 bits per heavy atom. The van der Waals surface area contributed by atoms with Crippen LogP contribution >= 0.6 is 0 Å². The van der Waals surface area contributed by atoms with E-state index in [2.05, 4.69) is 28.1 Å². The highest BCUT2D eigenvalue weighted by Crippen LogP contribution is 2.44. The van der Waals surface area contributed by atoms with E-state index in [0.717, 1.165) is 33.2 Å². The molecule has 0 spiro atoms. The summed E-state index contributed by atoms with van der Waals surface area (Å²) in [7, 11) is 0. The Labute approximate surface area is 261 Å². The Hall–Kier alpha value is -5.12. The van der Waals surface area contributed by atoms with Crippen LogP contribution in [0.15, 0.2) is 82.0 Å². The molecule has 45 heavy (non-hydrogen) atoms. The first kappa shape index (κ1) is 31.3. The van der Waals surface area contributed by atoms with Crippen LogP contribution in [0.2, 0.25) is 0 Å². The third kappa shape index (κ3) is 7.70. The zero-order chi connectivity index (χ0) is 32.1. The van der Waals surface area contributed by atoms with E-state index in [4.69, 9.17) is 13.9 Å². The van der Waals surface area contributed by atoms with Crippen molar-refractivity contribution in [2.75, 3.05) is 18.5 Å². The highest BCUT2D eigenvalue weighted by Gasteiger charge is 2.30. The minimum atomic E-state index is -0.985.